The van der Waals surface area contributed by atoms with E-state index in [-0.39, 0.29) is 18.4 Å². The molecule has 0 saturated carbocycles. The zero-order valence-electron chi connectivity index (χ0n) is 14.2. The summed E-state index contributed by atoms with van der Waals surface area (Å²) in [5.41, 5.74) is 0.381. The molecule has 1 saturated heterocycles. The normalized spacial score (nSPS) is 15.9. The Morgan fingerprint density at radius 2 is 1.92 bits per heavy atom. The number of piperidine rings is 1. The number of halogens is 1. The van der Waals surface area contributed by atoms with Gasteiger partial charge < -0.3 is 15.5 Å². The van der Waals surface area contributed by atoms with Gasteiger partial charge in [0, 0.05) is 6.54 Å². The Balaban J connectivity index is 1.58. The maximum atomic E-state index is 12.0. The van der Waals surface area contributed by atoms with Crippen molar-refractivity contribution in [1.29, 1.82) is 0 Å². The first-order chi connectivity index (χ1) is 11.6. The number of hydrogen-bond donors (Lipinski definition) is 2. The SMILES string of the molecule is CC1CCN(CCCNC(=O)CNC(=O)c2ccccc2Cl)CC1. The number of nitrogens with zero attached hydrogens (tertiary/aromatic N) is 1. The van der Waals surface area contributed by atoms with Crippen molar-refractivity contribution < 1.29 is 9.59 Å². The van der Waals surface area contributed by atoms with Gasteiger partial charge in [-0.3, -0.25) is 9.59 Å². The van der Waals surface area contributed by atoms with Crippen LogP contribution in [0.25, 0.3) is 0 Å². The number of likely N-dealkylation sites (tertiary alicyclic amines) is 1. The van der Waals surface area contributed by atoms with Crippen LogP contribution in [-0.4, -0.2) is 49.4 Å². The molecule has 6 heteroatoms. The van der Waals surface area contributed by atoms with Crippen molar-refractivity contribution in [2.45, 2.75) is 26.2 Å². The number of benzene rings is 1. The van der Waals surface area contributed by atoms with Crippen LogP contribution in [0.15, 0.2) is 24.3 Å². The minimum Gasteiger partial charge on any atom is -0.355 e. The lowest BCUT2D eigenvalue weighted by atomic mass is 9.99. The third-order valence-corrected chi connectivity index (χ3v) is 4.71. The molecule has 132 valence electrons. The number of hydrogen-bond acceptors (Lipinski definition) is 3. The van der Waals surface area contributed by atoms with Gasteiger partial charge in [-0.15, -0.1) is 0 Å². The fraction of sp³-hybridized carbons (Fsp3) is 0.556. The lowest BCUT2D eigenvalue weighted by Gasteiger charge is -2.30. The summed E-state index contributed by atoms with van der Waals surface area (Å²) < 4.78 is 0. The molecule has 1 aliphatic heterocycles. The molecule has 0 unspecified atom stereocenters. The molecule has 0 spiro atoms. The van der Waals surface area contributed by atoms with E-state index in [0.717, 1.165) is 32.0 Å². The highest BCUT2D eigenvalue weighted by Crippen LogP contribution is 2.16. The van der Waals surface area contributed by atoms with Gasteiger partial charge in [-0.2, -0.15) is 0 Å². The molecule has 0 bridgehead atoms. The number of amides is 2. The summed E-state index contributed by atoms with van der Waals surface area (Å²) in [5, 5.41) is 5.81. The minimum atomic E-state index is -0.335. The number of nitrogens with one attached hydrogen (secondary N) is 2. The van der Waals surface area contributed by atoms with Crippen LogP contribution in [0, 0.1) is 5.92 Å². The molecule has 1 heterocycles. The van der Waals surface area contributed by atoms with Crippen LogP contribution in [0.4, 0.5) is 0 Å². The molecule has 1 aromatic rings. The van der Waals surface area contributed by atoms with Crippen molar-refractivity contribution in [2.24, 2.45) is 5.92 Å². The van der Waals surface area contributed by atoms with E-state index in [0.29, 0.717) is 17.1 Å². The average Bonchev–Trinajstić information content (AvgIpc) is 2.58. The maximum absolute atomic E-state index is 12.0. The number of carbonyl (C=O) groups is 2. The van der Waals surface area contributed by atoms with Gasteiger partial charge in [0.2, 0.25) is 5.91 Å². The third kappa shape index (κ3) is 6.13. The van der Waals surface area contributed by atoms with Crippen molar-refractivity contribution in [2.75, 3.05) is 32.7 Å². The van der Waals surface area contributed by atoms with Gasteiger partial charge >= 0.3 is 0 Å². The quantitative estimate of drug-likeness (QED) is 0.741. The Hall–Kier alpha value is -1.59. The summed E-state index contributed by atoms with van der Waals surface area (Å²) in [5.74, 6) is 0.323. The van der Waals surface area contributed by atoms with Crippen LogP contribution in [0.5, 0.6) is 0 Å². The molecule has 5 nitrogen and oxygen atoms in total. The Labute approximate surface area is 148 Å². The highest BCUT2D eigenvalue weighted by atomic mass is 35.5. The summed E-state index contributed by atoms with van der Waals surface area (Å²) in [6, 6.07) is 6.78. The van der Waals surface area contributed by atoms with Crippen molar-refractivity contribution in [1.82, 2.24) is 15.5 Å². The van der Waals surface area contributed by atoms with Crippen molar-refractivity contribution in [3.05, 3.63) is 34.9 Å². The fourth-order valence-electron chi connectivity index (χ4n) is 2.78. The second kappa shape index (κ2) is 9.64. The van der Waals surface area contributed by atoms with Gasteiger partial charge in [0.25, 0.3) is 5.91 Å². The van der Waals surface area contributed by atoms with Crippen LogP contribution in [0.1, 0.15) is 36.5 Å². The molecule has 2 amide bonds. The highest BCUT2D eigenvalue weighted by Gasteiger charge is 2.15. The van der Waals surface area contributed by atoms with E-state index in [1.54, 1.807) is 24.3 Å². The smallest absolute Gasteiger partial charge is 0.253 e. The van der Waals surface area contributed by atoms with Gasteiger partial charge in [-0.25, -0.2) is 0 Å². The number of rotatable bonds is 7. The largest absolute Gasteiger partial charge is 0.355 e. The van der Waals surface area contributed by atoms with Crippen molar-refractivity contribution in [3.63, 3.8) is 0 Å². The van der Waals surface area contributed by atoms with Crippen LogP contribution in [0.3, 0.4) is 0 Å². The first-order valence-corrected chi connectivity index (χ1v) is 8.96. The van der Waals surface area contributed by atoms with Gasteiger partial charge in [0.1, 0.15) is 0 Å². The molecule has 1 aromatic carbocycles. The zero-order valence-corrected chi connectivity index (χ0v) is 14.9. The average molecular weight is 352 g/mol. The zero-order chi connectivity index (χ0) is 17.4. The standard InChI is InChI=1S/C18H26ClN3O2/c1-14-7-11-22(12-8-14)10-4-9-20-17(23)13-21-18(24)15-5-2-3-6-16(15)19/h2-3,5-6,14H,4,7-13H2,1H3,(H,20,23)(H,21,24). The van der Waals surface area contributed by atoms with Gasteiger partial charge in [-0.1, -0.05) is 30.7 Å². The fourth-order valence-corrected chi connectivity index (χ4v) is 3.00. The lowest BCUT2D eigenvalue weighted by molar-refractivity contribution is -0.120. The molecule has 0 atom stereocenters. The molecule has 24 heavy (non-hydrogen) atoms. The van der Waals surface area contributed by atoms with E-state index in [2.05, 4.69) is 22.5 Å². The summed E-state index contributed by atoms with van der Waals surface area (Å²) in [7, 11) is 0. The molecular weight excluding hydrogens is 326 g/mol. The molecule has 0 radical (unpaired) electrons. The Morgan fingerprint density at radius 1 is 1.21 bits per heavy atom. The van der Waals surface area contributed by atoms with E-state index in [4.69, 9.17) is 11.6 Å². The molecule has 0 aromatic heterocycles. The van der Waals surface area contributed by atoms with Crippen LogP contribution in [0.2, 0.25) is 5.02 Å². The van der Waals surface area contributed by atoms with Crippen molar-refractivity contribution in [3.8, 4) is 0 Å². The van der Waals surface area contributed by atoms with Gasteiger partial charge in [0.05, 0.1) is 17.1 Å². The van der Waals surface area contributed by atoms with E-state index in [1.165, 1.54) is 12.8 Å². The predicted molar refractivity (Wildman–Crippen MR) is 96.2 cm³/mol. The van der Waals surface area contributed by atoms with Crippen LogP contribution >= 0.6 is 11.6 Å². The molecule has 1 aliphatic rings. The molecule has 2 N–H and O–H groups in total. The van der Waals surface area contributed by atoms with Crippen LogP contribution < -0.4 is 10.6 Å². The summed E-state index contributed by atoms with van der Waals surface area (Å²) >= 11 is 5.95. The maximum Gasteiger partial charge on any atom is 0.253 e. The third-order valence-electron chi connectivity index (χ3n) is 4.38. The Kier molecular flexibility index (Phi) is 7.53. The minimum absolute atomic E-state index is 0.0364. The summed E-state index contributed by atoms with van der Waals surface area (Å²) in [6.07, 6.45) is 3.46. The monoisotopic (exact) mass is 351 g/mol. The second-order valence-corrected chi connectivity index (χ2v) is 6.80. The molecular formula is C18H26ClN3O2. The molecule has 2 rings (SSSR count). The molecule has 0 aliphatic carbocycles. The molecule has 1 fully saturated rings. The second-order valence-electron chi connectivity index (χ2n) is 6.39. The summed E-state index contributed by atoms with van der Waals surface area (Å²) in [4.78, 5) is 26.2. The van der Waals surface area contributed by atoms with Crippen molar-refractivity contribution >= 4 is 23.4 Å². The first kappa shape index (κ1) is 18.7. The first-order valence-electron chi connectivity index (χ1n) is 8.58. The van der Waals surface area contributed by atoms with E-state index >= 15 is 0 Å². The van der Waals surface area contributed by atoms with Gasteiger partial charge in [0.15, 0.2) is 0 Å². The van der Waals surface area contributed by atoms with E-state index in [1.807, 2.05) is 0 Å². The highest BCUT2D eigenvalue weighted by molar-refractivity contribution is 6.33. The Morgan fingerprint density at radius 3 is 2.62 bits per heavy atom. The van der Waals surface area contributed by atoms with Crippen LogP contribution in [-0.2, 0) is 4.79 Å². The van der Waals surface area contributed by atoms with E-state index in [9.17, 15) is 9.59 Å². The lowest BCUT2D eigenvalue weighted by Crippen LogP contribution is -2.39. The summed E-state index contributed by atoms with van der Waals surface area (Å²) in [6.45, 7) is 6.22. The Bertz CT molecular complexity index is 557. The predicted octanol–water partition coefficient (Wildman–Crippen LogP) is 2.31. The van der Waals surface area contributed by atoms with E-state index < -0.39 is 0 Å². The topological polar surface area (TPSA) is 61.4 Å². The number of carbonyl (C=O) groups excluding carboxylic acids is 2. The van der Waals surface area contributed by atoms with Gasteiger partial charge in [-0.05, 0) is 56.9 Å².